The van der Waals surface area contributed by atoms with Crippen LogP contribution in [0, 0.1) is 6.33 Å². The molecule has 0 atom stereocenters. The summed E-state index contributed by atoms with van der Waals surface area (Å²) in [5.41, 5.74) is 0. The molecule has 4 nitrogen and oxygen atoms in total. The lowest BCUT2D eigenvalue weighted by molar-refractivity contribution is 1.01. The molecular weight excluding hydrogens is 128 g/mol. The standard InChI is InChI=1S/C6H5N4/c1-2-10(5-7-1)6-3-8-4-9-6/h1-3,5H,(H,8,9). The van der Waals surface area contributed by atoms with E-state index in [1.54, 1.807) is 23.3 Å². The Balaban J connectivity index is 2.48. The topological polar surface area (TPSA) is 46.5 Å². The highest BCUT2D eigenvalue weighted by molar-refractivity contribution is 5.15. The molecule has 0 bridgehead atoms. The zero-order chi connectivity index (χ0) is 6.81. The maximum atomic E-state index is 3.90. The molecule has 4 heteroatoms. The molecule has 0 aromatic carbocycles. The van der Waals surface area contributed by atoms with Crippen molar-refractivity contribution in [3.63, 3.8) is 0 Å². The fourth-order valence-electron chi connectivity index (χ4n) is 0.746. The Kier molecular flexibility index (Phi) is 1.04. The molecule has 0 aliphatic carbocycles. The molecule has 10 heavy (non-hydrogen) atoms. The average molecular weight is 133 g/mol. The van der Waals surface area contributed by atoms with E-state index in [2.05, 4.69) is 21.3 Å². The predicted octanol–water partition coefficient (Wildman–Crippen LogP) is 0.396. The summed E-state index contributed by atoms with van der Waals surface area (Å²) >= 11 is 0. The minimum Gasteiger partial charge on any atom is -0.340 e. The van der Waals surface area contributed by atoms with Crippen molar-refractivity contribution in [3.05, 3.63) is 31.2 Å². The van der Waals surface area contributed by atoms with Gasteiger partial charge in [-0.2, -0.15) is 0 Å². The summed E-state index contributed by atoms with van der Waals surface area (Å²) in [5.74, 6) is 0.803. The second kappa shape index (κ2) is 1.98. The number of hydrogen-bond donors (Lipinski definition) is 1. The van der Waals surface area contributed by atoms with E-state index in [0.717, 1.165) is 5.82 Å². The number of nitrogens with zero attached hydrogens (tertiary/aromatic N) is 3. The molecule has 2 aromatic heterocycles. The van der Waals surface area contributed by atoms with E-state index in [9.17, 15) is 0 Å². The van der Waals surface area contributed by atoms with Gasteiger partial charge < -0.3 is 4.98 Å². The van der Waals surface area contributed by atoms with Gasteiger partial charge >= 0.3 is 0 Å². The van der Waals surface area contributed by atoms with Gasteiger partial charge in [-0.15, -0.1) is 0 Å². The molecule has 2 rings (SSSR count). The number of rotatable bonds is 1. The van der Waals surface area contributed by atoms with Crippen LogP contribution in [0.25, 0.3) is 5.82 Å². The van der Waals surface area contributed by atoms with E-state index in [1.165, 1.54) is 0 Å². The highest BCUT2D eigenvalue weighted by atomic mass is 15.1. The monoisotopic (exact) mass is 133 g/mol. The summed E-state index contributed by atoms with van der Waals surface area (Å²) in [5, 5.41) is 0. The van der Waals surface area contributed by atoms with Crippen LogP contribution in [0.3, 0.4) is 0 Å². The van der Waals surface area contributed by atoms with Gasteiger partial charge in [0.15, 0.2) is 12.1 Å². The van der Waals surface area contributed by atoms with Crippen LogP contribution < -0.4 is 0 Å². The maximum absolute atomic E-state index is 3.90. The molecule has 0 saturated carbocycles. The molecule has 0 spiro atoms. The van der Waals surface area contributed by atoms with E-state index in [-0.39, 0.29) is 0 Å². The molecule has 0 aliphatic heterocycles. The summed E-state index contributed by atoms with van der Waals surface area (Å²) in [7, 11) is 0. The maximum Gasteiger partial charge on any atom is 0.175 e. The first-order valence-electron chi connectivity index (χ1n) is 2.86. The lowest BCUT2D eigenvalue weighted by Crippen LogP contribution is -1.87. The highest BCUT2D eigenvalue weighted by Gasteiger charge is 1.93. The van der Waals surface area contributed by atoms with Crippen LogP contribution in [0.1, 0.15) is 0 Å². The van der Waals surface area contributed by atoms with E-state index in [1.807, 2.05) is 6.20 Å². The largest absolute Gasteiger partial charge is 0.340 e. The normalized spacial score (nSPS) is 10.0. The van der Waals surface area contributed by atoms with Gasteiger partial charge in [0.25, 0.3) is 0 Å². The van der Waals surface area contributed by atoms with Gasteiger partial charge in [-0.1, -0.05) is 0 Å². The van der Waals surface area contributed by atoms with Crippen molar-refractivity contribution in [3.8, 4) is 5.82 Å². The molecule has 0 amide bonds. The Hall–Kier alpha value is -1.58. The van der Waals surface area contributed by atoms with Gasteiger partial charge in [0.05, 0.1) is 0 Å². The van der Waals surface area contributed by atoms with Gasteiger partial charge in [0.1, 0.15) is 6.33 Å². The lowest BCUT2D eigenvalue weighted by Gasteiger charge is -1.90. The Morgan fingerprint density at radius 1 is 1.60 bits per heavy atom. The van der Waals surface area contributed by atoms with Crippen molar-refractivity contribution in [2.45, 2.75) is 0 Å². The number of nitrogens with one attached hydrogen (secondary N) is 1. The summed E-state index contributed by atoms with van der Waals surface area (Å²) in [6.07, 6.45) is 9.56. The van der Waals surface area contributed by atoms with Crippen LogP contribution in [0.5, 0.6) is 0 Å². The fraction of sp³-hybridized carbons (Fsp3) is 0. The molecule has 1 N–H and O–H groups in total. The number of H-pyrrole nitrogens is 1. The second-order valence-corrected chi connectivity index (χ2v) is 1.84. The van der Waals surface area contributed by atoms with Crippen molar-refractivity contribution < 1.29 is 0 Å². The van der Waals surface area contributed by atoms with E-state index in [4.69, 9.17) is 0 Å². The van der Waals surface area contributed by atoms with Crippen LogP contribution in [-0.2, 0) is 0 Å². The Bertz CT molecular complexity index is 249. The quantitative estimate of drug-likeness (QED) is 0.611. The van der Waals surface area contributed by atoms with Crippen molar-refractivity contribution in [1.82, 2.24) is 19.5 Å². The van der Waals surface area contributed by atoms with Gasteiger partial charge in [-0.05, 0) is 0 Å². The summed E-state index contributed by atoms with van der Waals surface area (Å²) in [4.78, 5) is 10.5. The Morgan fingerprint density at radius 2 is 2.60 bits per heavy atom. The molecule has 2 aromatic rings. The highest BCUT2D eigenvalue weighted by Crippen LogP contribution is 1.97. The number of aromatic nitrogens is 4. The van der Waals surface area contributed by atoms with Crippen molar-refractivity contribution in [2.75, 3.05) is 0 Å². The predicted molar refractivity (Wildman–Crippen MR) is 34.5 cm³/mol. The molecule has 49 valence electrons. The van der Waals surface area contributed by atoms with Gasteiger partial charge in [-0.25, -0.2) is 9.97 Å². The molecule has 0 aliphatic rings. The second-order valence-electron chi connectivity index (χ2n) is 1.84. The summed E-state index contributed by atoms with van der Waals surface area (Å²) in [6, 6.07) is 0. The van der Waals surface area contributed by atoms with Crippen LogP contribution in [-0.4, -0.2) is 19.5 Å². The fourth-order valence-corrected chi connectivity index (χ4v) is 0.746. The smallest absolute Gasteiger partial charge is 0.175 e. The number of imidazole rings is 2. The minimum absolute atomic E-state index is 0.803. The first kappa shape index (κ1) is 5.22. The van der Waals surface area contributed by atoms with E-state index >= 15 is 0 Å². The zero-order valence-electron chi connectivity index (χ0n) is 5.15. The first-order chi connectivity index (χ1) is 4.97. The van der Waals surface area contributed by atoms with Crippen LogP contribution in [0.4, 0.5) is 0 Å². The summed E-state index contributed by atoms with van der Waals surface area (Å²) < 4.78 is 1.80. The molecule has 0 fully saturated rings. The molecule has 1 radical (unpaired) electrons. The van der Waals surface area contributed by atoms with Crippen LogP contribution in [0.2, 0.25) is 0 Å². The Labute approximate surface area is 57.6 Å². The number of hydrogen-bond acceptors (Lipinski definition) is 2. The third kappa shape index (κ3) is 0.699. The molecule has 0 unspecified atom stereocenters. The lowest BCUT2D eigenvalue weighted by atomic mass is 10.7. The summed E-state index contributed by atoms with van der Waals surface area (Å²) in [6.45, 7) is 0. The van der Waals surface area contributed by atoms with Crippen LogP contribution >= 0.6 is 0 Å². The van der Waals surface area contributed by atoms with Crippen molar-refractivity contribution >= 4 is 0 Å². The Morgan fingerprint density at radius 3 is 3.20 bits per heavy atom. The molecule has 0 saturated heterocycles. The van der Waals surface area contributed by atoms with E-state index < -0.39 is 0 Å². The van der Waals surface area contributed by atoms with Crippen molar-refractivity contribution in [2.24, 2.45) is 0 Å². The van der Waals surface area contributed by atoms with Gasteiger partial charge in [0, 0.05) is 18.6 Å². The van der Waals surface area contributed by atoms with Crippen molar-refractivity contribution in [1.29, 1.82) is 0 Å². The SMILES string of the molecule is [c]1nc(-n2ccnc2)c[nH]1. The third-order valence-corrected chi connectivity index (χ3v) is 1.21. The van der Waals surface area contributed by atoms with Gasteiger partial charge in [0.2, 0.25) is 0 Å². The third-order valence-electron chi connectivity index (χ3n) is 1.21. The first-order valence-corrected chi connectivity index (χ1v) is 2.86. The minimum atomic E-state index is 0.803. The van der Waals surface area contributed by atoms with Gasteiger partial charge in [-0.3, -0.25) is 4.57 Å². The average Bonchev–Trinajstić information content (AvgIpc) is 2.59. The van der Waals surface area contributed by atoms with E-state index in [0.29, 0.717) is 0 Å². The molecule has 2 heterocycles. The number of aromatic amines is 1. The van der Waals surface area contributed by atoms with Crippen LogP contribution in [0.15, 0.2) is 24.9 Å². The molecular formula is C6H5N4. The zero-order valence-corrected chi connectivity index (χ0v) is 5.15.